The molecular formula is C18H22F3NO3. The molecule has 0 aliphatic heterocycles. The Morgan fingerprint density at radius 2 is 1.92 bits per heavy atom. The third kappa shape index (κ3) is 5.21. The van der Waals surface area contributed by atoms with Crippen LogP contribution in [0.15, 0.2) is 24.3 Å². The number of esters is 1. The Morgan fingerprint density at radius 1 is 1.24 bits per heavy atom. The van der Waals surface area contributed by atoms with Crippen molar-refractivity contribution in [3.05, 3.63) is 35.4 Å². The number of ether oxygens (including phenoxy) is 1. The fraction of sp³-hybridized carbons (Fsp3) is 0.556. The molecule has 4 nitrogen and oxygen atoms in total. The average Bonchev–Trinajstić information content (AvgIpc) is 2.56. The van der Waals surface area contributed by atoms with E-state index in [4.69, 9.17) is 4.74 Å². The van der Waals surface area contributed by atoms with E-state index in [0.717, 1.165) is 43.9 Å². The van der Waals surface area contributed by atoms with Crippen molar-refractivity contribution in [3.63, 3.8) is 0 Å². The summed E-state index contributed by atoms with van der Waals surface area (Å²) in [6.45, 7) is 3.47. The number of halogens is 3. The molecule has 25 heavy (non-hydrogen) atoms. The molecule has 138 valence electrons. The molecule has 1 aromatic rings. The fourth-order valence-electron chi connectivity index (χ4n) is 2.94. The van der Waals surface area contributed by atoms with Gasteiger partial charge < -0.3 is 10.1 Å². The van der Waals surface area contributed by atoms with Gasteiger partial charge in [0, 0.05) is 6.04 Å². The van der Waals surface area contributed by atoms with E-state index in [1.54, 1.807) is 0 Å². The van der Waals surface area contributed by atoms with Crippen molar-refractivity contribution < 1.29 is 27.5 Å². The molecule has 0 bridgehead atoms. The number of hydrogen-bond acceptors (Lipinski definition) is 3. The van der Waals surface area contributed by atoms with Gasteiger partial charge in [0.1, 0.15) is 0 Å². The minimum Gasteiger partial charge on any atom is -0.449 e. The molecule has 1 fully saturated rings. The molecule has 0 aromatic heterocycles. The van der Waals surface area contributed by atoms with Gasteiger partial charge in [-0.05, 0) is 43.9 Å². The lowest BCUT2D eigenvalue weighted by Gasteiger charge is -2.30. The zero-order valence-electron chi connectivity index (χ0n) is 14.2. The highest BCUT2D eigenvalue weighted by Gasteiger charge is 2.31. The second-order valence-corrected chi connectivity index (χ2v) is 6.50. The van der Waals surface area contributed by atoms with Gasteiger partial charge in [0.15, 0.2) is 6.10 Å². The van der Waals surface area contributed by atoms with E-state index in [0.29, 0.717) is 5.92 Å². The van der Waals surface area contributed by atoms with Gasteiger partial charge in [-0.1, -0.05) is 25.8 Å². The van der Waals surface area contributed by atoms with Crippen molar-refractivity contribution in [3.8, 4) is 0 Å². The van der Waals surface area contributed by atoms with Gasteiger partial charge in [-0.15, -0.1) is 0 Å². The third-order valence-corrected chi connectivity index (χ3v) is 4.52. The number of rotatable bonds is 4. The first-order chi connectivity index (χ1) is 11.7. The Kier molecular flexibility index (Phi) is 6.08. The molecule has 1 N–H and O–H groups in total. The van der Waals surface area contributed by atoms with Gasteiger partial charge in [-0.2, -0.15) is 13.2 Å². The van der Waals surface area contributed by atoms with Crippen LogP contribution in [0.3, 0.4) is 0 Å². The first kappa shape index (κ1) is 19.3. The van der Waals surface area contributed by atoms with Gasteiger partial charge in [-0.25, -0.2) is 4.79 Å². The van der Waals surface area contributed by atoms with Crippen molar-refractivity contribution >= 4 is 11.9 Å². The van der Waals surface area contributed by atoms with Gasteiger partial charge in [-0.3, -0.25) is 4.79 Å². The molecule has 2 rings (SSSR count). The number of hydrogen-bond donors (Lipinski definition) is 1. The monoisotopic (exact) mass is 357 g/mol. The van der Waals surface area contributed by atoms with Crippen molar-refractivity contribution in [2.24, 2.45) is 5.92 Å². The summed E-state index contributed by atoms with van der Waals surface area (Å²) in [6, 6.07) is 3.99. The molecule has 1 aliphatic rings. The van der Waals surface area contributed by atoms with Crippen molar-refractivity contribution in [1.82, 2.24) is 5.32 Å². The van der Waals surface area contributed by atoms with Gasteiger partial charge in [0.05, 0.1) is 11.1 Å². The summed E-state index contributed by atoms with van der Waals surface area (Å²) < 4.78 is 43.1. The van der Waals surface area contributed by atoms with Crippen LogP contribution in [-0.4, -0.2) is 24.0 Å². The van der Waals surface area contributed by atoms with Crippen molar-refractivity contribution in [2.45, 2.75) is 57.9 Å². The number of carbonyl (C=O) groups excluding carboxylic acids is 2. The van der Waals surface area contributed by atoms with Crippen molar-refractivity contribution in [1.29, 1.82) is 0 Å². The van der Waals surface area contributed by atoms with Crippen LogP contribution < -0.4 is 5.32 Å². The smallest absolute Gasteiger partial charge is 0.416 e. The van der Waals surface area contributed by atoms with Crippen LogP contribution >= 0.6 is 0 Å². The largest absolute Gasteiger partial charge is 0.449 e. The Balaban J connectivity index is 1.96. The van der Waals surface area contributed by atoms with E-state index in [9.17, 15) is 22.8 Å². The third-order valence-electron chi connectivity index (χ3n) is 4.52. The molecule has 0 radical (unpaired) electrons. The van der Waals surface area contributed by atoms with Crippen LogP contribution in [0.25, 0.3) is 0 Å². The molecule has 0 heterocycles. The first-order valence-electron chi connectivity index (χ1n) is 8.37. The van der Waals surface area contributed by atoms with Crippen LogP contribution in [0.1, 0.15) is 55.5 Å². The molecule has 0 saturated heterocycles. The standard InChI is InChI=1S/C18H22F3NO3/c1-11-6-3-4-9-15(11)22-16(23)12(2)25-17(24)13-7-5-8-14(10-13)18(19,20)21/h5,7-8,10-12,15H,3-4,6,9H2,1-2H3,(H,22,23)/t11-,12-,15-/m1/s1. The molecule has 3 atom stereocenters. The lowest BCUT2D eigenvalue weighted by atomic mass is 9.86. The topological polar surface area (TPSA) is 55.4 Å². The van der Waals surface area contributed by atoms with E-state index >= 15 is 0 Å². The maximum Gasteiger partial charge on any atom is 0.416 e. The lowest BCUT2D eigenvalue weighted by molar-refractivity contribution is -0.137. The van der Waals surface area contributed by atoms with E-state index in [2.05, 4.69) is 12.2 Å². The van der Waals surface area contributed by atoms with Crippen molar-refractivity contribution in [2.75, 3.05) is 0 Å². The number of alkyl halides is 3. The number of amides is 1. The average molecular weight is 357 g/mol. The minimum atomic E-state index is -4.55. The van der Waals surface area contributed by atoms with E-state index < -0.39 is 29.7 Å². The highest BCUT2D eigenvalue weighted by Crippen LogP contribution is 2.29. The van der Waals surface area contributed by atoms with Crippen LogP contribution in [0, 0.1) is 5.92 Å². The second-order valence-electron chi connectivity index (χ2n) is 6.50. The first-order valence-corrected chi connectivity index (χ1v) is 8.37. The zero-order valence-corrected chi connectivity index (χ0v) is 14.2. The predicted molar refractivity (Wildman–Crippen MR) is 85.9 cm³/mol. The number of carbonyl (C=O) groups is 2. The van der Waals surface area contributed by atoms with E-state index in [1.165, 1.54) is 13.0 Å². The quantitative estimate of drug-likeness (QED) is 0.831. The minimum absolute atomic E-state index is 0.0379. The molecule has 7 heteroatoms. The van der Waals surface area contributed by atoms with Gasteiger partial charge >= 0.3 is 12.1 Å². The molecule has 0 unspecified atom stereocenters. The van der Waals surface area contributed by atoms with Crippen LogP contribution in [-0.2, 0) is 15.7 Å². The maximum absolute atomic E-state index is 12.7. The molecule has 1 aromatic carbocycles. The SMILES string of the molecule is C[C@@H]1CCCC[C@H]1NC(=O)[C@@H](C)OC(=O)c1cccc(C(F)(F)F)c1. The number of benzene rings is 1. The maximum atomic E-state index is 12.7. The summed E-state index contributed by atoms with van der Waals surface area (Å²) in [7, 11) is 0. The van der Waals surface area contributed by atoms with Gasteiger partial charge in [0.25, 0.3) is 5.91 Å². The van der Waals surface area contributed by atoms with Crippen LogP contribution in [0.5, 0.6) is 0 Å². The normalized spacial score (nSPS) is 22.1. The fourth-order valence-corrected chi connectivity index (χ4v) is 2.94. The summed E-state index contributed by atoms with van der Waals surface area (Å²) in [5, 5.41) is 2.86. The second kappa shape index (κ2) is 7.89. The molecule has 1 aliphatic carbocycles. The summed E-state index contributed by atoms with van der Waals surface area (Å²) in [6.07, 6.45) is -1.54. The Labute approximate surface area is 144 Å². The summed E-state index contributed by atoms with van der Waals surface area (Å²) in [4.78, 5) is 24.2. The molecule has 1 saturated carbocycles. The zero-order chi connectivity index (χ0) is 18.6. The molecule has 0 spiro atoms. The summed E-state index contributed by atoms with van der Waals surface area (Å²) >= 11 is 0. The molecular weight excluding hydrogens is 335 g/mol. The Bertz CT molecular complexity index is 630. The Hall–Kier alpha value is -2.05. The highest BCUT2D eigenvalue weighted by molar-refractivity contribution is 5.92. The number of nitrogens with one attached hydrogen (secondary N) is 1. The van der Waals surface area contributed by atoms with Crippen LogP contribution in [0.2, 0.25) is 0 Å². The Morgan fingerprint density at radius 3 is 2.56 bits per heavy atom. The summed E-state index contributed by atoms with van der Waals surface area (Å²) in [5.41, 5.74) is -1.17. The van der Waals surface area contributed by atoms with E-state index in [1.807, 2.05) is 0 Å². The molecule has 1 amide bonds. The van der Waals surface area contributed by atoms with E-state index in [-0.39, 0.29) is 11.6 Å². The lowest BCUT2D eigenvalue weighted by Crippen LogP contribution is -2.46. The highest BCUT2D eigenvalue weighted by atomic mass is 19.4. The van der Waals surface area contributed by atoms with Crippen LogP contribution in [0.4, 0.5) is 13.2 Å². The van der Waals surface area contributed by atoms with Gasteiger partial charge in [0.2, 0.25) is 0 Å². The predicted octanol–water partition coefficient (Wildman–Crippen LogP) is 3.95. The summed E-state index contributed by atoms with van der Waals surface area (Å²) in [5.74, 6) is -1.03.